The highest BCUT2D eigenvalue weighted by molar-refractivity contribution is 5.62. The molecule has 0 fully saturated rings. The number of halogens is 1. The number of benzene rings is 1. The van der Waals surface area contributed by atoms with Crippen LogP contribution in [0, 0.1) is 5.82 Å². The number of allylic oxidation sites excluding steroid dienone is 1. The van der Waals surface area contributed by atoms with Crippen LogP contribution in [-0.2, 0) is 0 Å². The lowest BCUT2D eigenvalue weighted by atomic mass is 10.0. The average molecular weight is 194 g/mol. The van der Waals surface area contributed by atoms with Crippen molar-refractivity contribution in [3.8, 4) is 0 Å². The zero-order valence-electron chi connectivity index (χ0n) is 8.17. The molecule has 1 aromatic carbocycles. The van der Waals surface area contributed by atoms with Gasteiger partial charge in [0.15, 0.2) is 0 Å². The lowest BCUT2D eigenvalue weighted by molar-refractivity contribution is 0.285. The first-order valence-electron chi connectivity index (χ1n) is 4.78. The summed E-state index contributed by atoms with van der Waals surface area (Å²) in [5.41, 5.74) is 1.97. The molecular weight excluding hydrogens is 179 g/mol. The van der Waals surface area contributed by atoms with Gasteiger partial charge in [0.25, 0.3) is 0 Å². The maximum atomic E-state index is 12.6. The van der Waals surface area contributed by atoms with Gasteiger partial charge in [0.2, 0.25) is 0 Å². The Balaban J connectivity index is 2.48. The molecular formula is C12H15FO. The predicted octanol–water partition coefficient (Wildman–Crippen LogP) is 3.00. The van der Waals surface area contributed by atoms with Crippen LogP contribution in [0.15, 0.2) is 30.8 Å². The topological polar surface area (TPSA) is 20.2 Å². The van der Waals surface area contributed by atoms with E-state index in [-0.39, 0.29) is 12.4 Å². The fourth-order valence-electron chi connectivity index (χ4n) is 1.28. The first-order valence-corrected chi connectivity index (χ1v) is 4.78. The number of unbranched alkanes of at least 4 members (excludes halogenated alkanes) is 1. The Morgan fingerprint density at radius 1 is 1.21 bits per heavy atom. The molecule has 76 valence electrons. The molecule has 0 aromatic heterocycles. The van der Waals surface area contributed by atoms with Gasteiger partial charge in [-0.2, -0.15) is 0 Å². The van der Waals surface area contributed by atoms with Crippen LogP contribution in [0.1, 0.15) is 24.8 Å². The first kappa shape index (κ1) is 10.9. The van der Waals surface area contributed by atoms with E-state index < -0.39 is 0 Å². The van der Waals surface area contributed by atoms with Crippen LogP contribution in [0.25, 0.3) is 5.57 Å². The first-order chi connectivity index (χ1) is 6.74. The van der Waals surface area contributed by atoms with Crippen molar-refractivity contribution in [2.75, 3.05) is 6.61 Å². The molecule has 1 nitrogen and oxygen atoms in total. The minimum atomic E-state index is -0.225. The number of aliphatic hydroxyl groups is 1. The normalized spacial score (nSPS) is 10.1. The smallest absolute Gasteiger partial charge is 0.123 e. The quantitative estimate of drug-likeness (QED) is 0.714. The number of hydrogen-bond acceptors (Lipinski definition) is 1. The van der Waals surface area contributed by atoms with Crippen molar-refractivity contribution in [1.29, 1.82) is 0 Å². The van der Waals surface area contributed by atoms with Gasteiger partial charge in [0.05, 0.1) is 0 Å². The maximum Gasteiger partial charge on any atom is 0.123 e. The minimum absolute atomic E-state index is 0.219. The van der Waals surface area contributed by atoms with Crippen LogP contribution in [-0.4, -0.2) is 11.7 Å². The highest BCUT2D eigenvalue weighted by atomic mass is 19.1. The zero-order chi connectivity index (χ0) is 10.4. The molecule has 0 saturated carbocycles. The van der Waals surface area contributed by atoms with Gasteiger partial charge < -0.3 is 5.11 Å². The summed E-state index contributed by atoms with van der Waals surface area (Å²) in [4.78, 5) is 0. The van der Waals surface area contributed by atoms with Crippen molar-refractivity contribution < 1.29 is 9.50 Å². The molecule has 0 aliphatic carbocycles. The van der Waals surface area contributed by atoms with Crippen molar-refractivity contribution in [2.24, 2.45) is 0 Å². The SMILES string of the molecule is C=C(CCCCO)c1ccc(F)cc1. The van der Waals surface area contributed by atoms with Crippen molar-refractivity contribution in [3.05, 3.63) is 42.2 Å². The Bertz CT molecular complexity index is 290. The summed E-state index contributed by atoms with van der Waals surface area (Å²) < 4.78 is 12.6. The van der Waals surface area contributed by atoms with Crippen LogP contribution in [0.2, 0.25) is 0 Å². The molecule has 0 atom stereocenters. The fraction of sp³-hybridized carbons (Fsp3) is 0.333. The molecule has 1 N–H and O–H groups in total. The lowest BCUT2D eigenvalue weighted by Gasteiger charge is -2.04. The minimum Gasteiger partial charge on any atom is -0.396 e. The highest BCUT2D eigenvalue weighted by Crippen LogP contribution is 2.18. The number of hydrogen-bond donors (Lipinski definition) is 1. The van der Waals surface area contributed by atoms with E-state index in [1.54, 1.807) is 12.1 Å². The van der Waals surface area contributed by atoms with E-state index in [1.165, 1.54) is 12.1 Å². The number of aliphatic hydroxyl groups excluding tert-OH is 1. The Labute approximate surface area is 83.9 Å². The summed E-state index contributed by atoms with van der Waals surface area (Å²) >= 11 is 0. The van der Waals surface area contributed by atoms with Crippen LogP contribution < -0.4 is 0 Å². The van der Waals surface area contributed by atoms with Gasteiger partial charge in [-0.15, -0.1) is 0 Å². The third kappa shape index (κ3) is 3.30. The molecule has 0 heterocycles. The molecule has 0 radical (unpaired) electrons. The van der Waals surface area contributed by atoms with Crippen LogP contribution >= 0.6 is 0 Å². The predicted molar refractivity (Wildman–Crippen MR) is 56.4 cm³/mol. The van der Waals surface area contributed by atoms with Gasteiger partial charge in [0, 0.05) is 6.61 Å². The van der Waals surface area contributed by atoms with E-state index in [2.05, 4.69) is 6.58 Å². The van der Waals surface area contributed by atoms with E-state index in [0.717, 1.165) is 30.4 Å². The van der Waals surface area contributed by atoms with Crippen molar-refractivity contribution >= 4 is 5.57 Å². The Morgan fingerprint density at radius 2 is 1.86 bits per heavy atom. The monoisotopic (exact) mass is 194 g/mol. The summed E-state index contributed by atoms with van der Waals surface area (Å²) in [6.45, 7) is 4.14. The molecule has 0 amide bonds. The van der Waals surface area contributed by atoms with E-state index in [9.17, 15) is 4.39 Å². The molecule has 0 spiro atoms. The summed E-state index contributed by atoms with van der Waals surface area (Å²) in [6.07, 6.45) is 2.57. The van der Waals surface area contributed by atoms with E-state index in [0.29, 0.717) is 0 Å². The second kappa shape index (κ2) is 5.55. The van der Waals surface area contributed by atoms with Crippen molar-refractivity contribution in [2.45, 2.75) is 19.3 Å². The van der Waals surface area contributed by atoms with Crippen molar-refractivity contribution in [1.82, 2.24) is 0 Å². The maximum absolute atomic E-state index is 12.6. The fourth-order valence-corrected chi connectivity index (χ4v) is 1.28. The third-order valence-electron chi connectivity index (χ3n) is 2.14. The second-order valence-electron chi connectivity index (χ2n) is 3.29. The molecule has 0 aliphatic heterocycles. The number of rotatable bonds is 5. The van der Waals surface area contributed by atoms with Gasteiger partial charge >= 0.3 is 0 Å². The van der Waals surface area contributed by atoms with Gasteiger partial charge in [-0.1, -0.05) is 18.7 Å². The summed E-state index contributed by atoms with van der Waals surface area (Å²) in [5.74, 6) is -0.225. The van der Waals surface area contributed by atoms with E-state index in [1.807, 2.05) is 0 Å². The lowest BCUT2D eigenvalue weighted by Crippen LogP contribution is -1.87. The summed E-state index contributed by atoms with van der Waals surface area (Å²) in [6, 6.07) is 6.34. The molecule has 14 heavy (non-hydrogen) atoms. The Morgan fingerprint density at radius 3 is 2.43 bits per heavy atom. The van der Waals surface area contributed by atoms with Gasteiger partial charge in [-0.25, -0.2) is 4.39 Å². The van der Waals surface area contributed by atoms with E-state index >= 15 is 0 Å². The molecule has 0 unspecified atom stereocenters. The van der Waals surface area contributed by atoms with Crippen LogP contribution in [0.4, 0.5) is 4.39 Å². The average Bonchev–Trinajstić information content (AvgIpc) is 2.19. The molecule has 1 aromatic rings. The zero-order valence-corrected chi connectivity index (χ0v) is 8.17. The van der Waals surface area contributed by atoms with Gasteiger partial charge in [0.1, 0.15) is 5.82 Å². The summed E-state index contributed by atoms with van der Waals surface area (Å²) in [5, 5.41) is 8.61. The van der Waals surface area contributed by atoms with Crippen LogP contribution in [0.3, 0.4) is 0 Å². The Hall–Kier alpha value is -1.15. The van der Waals surface area contributed by atoms with Gasteiger partial charge in [-0.3, -0.25) is 0 Å². The molecule has 1 rings (SSSR count). The van der Waals surface area contributed by atoms with E-state index in [4.69, 9.17) is 5.11 Å². The van der Waals surface area contributed by atoms with Crippen LogP contribution in [0.5, 0.6) is 0 Å². The standard InChI is InChI=1S/C12H15FO/c1-10(4-2-3-9-14)11-5-7-12(13)8-6-11/h5-8,14H,1-4,9H2. The highest BCUT2D eigenvalue weighted by Gasteiger charge is 1.98. The molecule has 0 bridgehead atoms. The Kier molecular flexibility index (Phi) is 4.33. The largest absolute Gasteiger partial charge is 0.396 e. The third-order valence-corrected chi connectivity index (χ3v) is 2.14. The second-order valence-corrected chi connectivity index (χ2v) is 3.29. The molecule has 0 aliphatic rings. The molecule has 0 saturated heterocycles. The summed E-state index contributed by atoms with van der Waals surface area (Å²) in [7, 11) is 0. The van der Waals surface area contributed by atoms with Crippen molar-refractivity contribution in [3.63, 3.8) is 0 Å². The molecule has 2 heteroatoms. The van der Waals surface area contributed by atoms with Gasteiger partial charge in [-0.05, 0) is 42.5 Å².